The van der Waals surface area contributed by atoms with E-state index in [9.17, 15) is 18.8 Å². The Kier molecular flexibility index (Phi) is 7.09. The molecule has 0 saturated heterocycles. The first kappa shape index (κ1) is 25.0. The van der Waals surface area contributed by atoms with Crippen LogP contribution >= 0.6 is 0 Å². The Labute approximate surface area is 208 Å². The molecule has 0 spiro atoms. The third-order valence-electron chi connectivity index (χ3n) is 6.17. The normalized spacial score (nSPS) is 11.8. The summed E-state index contributed by atoms with van der Waals surface area (Å²) in [6.45, 7) is 4.08. The van der Waals surface area contributed by atoms with E-state index < -0.39 is 11.6 Å². The number of benzene rings is 3. The number of nitriles is 1. The molecule has 0 aliphatic rings. The average molecular weight is 485 g/mol. The molecule has 2 N–H and O–H groups in total. The van der Waals surface area contributed by atoms with E-state index in [1.165, 1.54) is 18.2 Å². The summed E-state index contributed by atoms with van der Waals surface area (Å²) in [6.07, 6.45) is 2.28. The number of carbonyl (C=O) groups is 1. The summed E-state index contributed by atoms with van der Waals surface area (Å²) < 4.78 is 28.5. The number of nitrogens with zero attached hydrogens (tertiary/aromatic N) is 3. The number of hydrogen-bond donors (Lipinski definition) is 1. The van der Waals surface area contributed by atoms with Crippen LogP contribution in [0.4, 0.5) is 8.78 Å². The summed E-state index contributed by atoms with van der Waals surface area (Å²) >= 11 is 0. The average Bonchev–Trinajstić information content (AvgIpc) is 2.86. The van der Waals surface area contributed by atoms with Gasteiger partial charge in [0.25, 0.3) is 5.91 Å². The molecule has 0 saturated carbocycles. The van der Waals surface area contributed by atoms with E-state index in [0.29, 0.717) is 57.2 Å². The summed E-state index contributed by atoms with van der Waals surface area (Å²) in [5.74, 6) is -1.23. The van der Waals surface area contributed by atoms with Crippen LogP contribution in [0.15, 0.2) is 60.8 Å². The van der Waals surface area contributed by atoms with Gasteiger partial charge in [-0.3, -0.25) is 9.78 Å². The van der Waals surface area contributed by atoms with Gasteiger partial charge in [0.15, 0.2) is 0 Å². The van der Waals surface area contributed by atoms with Gasteiger partial charge in [-0.2, -0.15) is 5.26 Å². The molecule has 0 unspecified atom stereocenters. The number of carbonyl (C=O) groups excluding carboxylic acids is 1. The Morgan fingerprint density at radius 3 is 2.47 bits per heavy atom. The first-order chi connectivity index (χ1) is 17.2. The SMILES string of the molecule is CC[C@H](N)CN(C)C(=O)c1c(-c2cc(C)cc(F)c2)cnc2ccc(-c3cc(F)cc(C#N)c3)cc12. The van der Waals surface area contributed by atoms with E-state index in [-0.39, 0.29) is 17.5 Å². The van der Waals surface area contributed by atoms with Crippen LogP contribution in [-0.2, 0) is 0 Å². The van der Waals surface area contributed by atoms with Crippen LogP contribution in [0.1, 0.15) is 34.8 Å². The van der Waals surface area contributed by atoms with Crippen LogP contribution in [0.2, 0.25) is 0 Å². The van der Waals surface area contributed by atoms with Gasteiger partial charge in [0.05, 0.1) is 22.7 Å². The lowest BCUT2D eigenvalue weighted by Gasteiger charge is -2.23. The summed E-state index contributed by atoms with van der Waals surface area (Å²) in [4.78, 5) is 19.9. The number of amides is 1. The zero-order chi connectivity index (χ0) is 26.0. The Bertz CT molecular complexity index is 1490. The lowest BCUT2D eigenvalue weighted by Crippen LogP contribution is -2.38. The second-order valence-corrected chi connectivity index (χ2v) is 8.99. The molecule has 0 aliphatic heterocycles. The van der Waals surface area contributed by atoms with Gasteiger partial charge in [0.1, 0.15) is 11.6 Å². The molecule has 0 fully saturated rings. The number of aryl methyl sites for hydroxylation is 1. The Balaban J connectivity index is 1.98. The molecule has 1 heterocycles. The first-order valence-corrected chi connectivity index (χ1v) is 11.6. The van der Waals surface area contributed by atoms with Crippen molar-refractivity contribution < 1.29 is 13.6 Å². The monoisotopic (exact) mass is 484 g/mol. The number of halogens is 2. The van der Waals surface area contributed by atoms with Gasteiger partial charge in [-0.25, -0.2) is 8.78 Å². The molecule has 1 aromatic heterocycles. The van der Waals surface area contributed by atoms with Gasteiger partial charge in [-0.15, -0.1) is 0 Å². The van der Waals surface area contributed by atoms with Crippen LogP contribution in [0.3, 0.4) is 0 Å². The van der Waals surface area contributed by atoms with Gasteiger partial charge in [-0.1, -0.05) is 19.1 Å². The maximum absolute atomic E-state index is 14.3. The fraction of sp³-hybridized carbons (Fsp3) is 0.207. The van der Waals surface area contributed by atoms with Crippen molar-refractivity contribution in [3.63, 3.8) is 0 Å². The number of pyridine rings is 1. The number of fused-ring (bicyclic) bond motifs is 1. The highest BCUT2D eigenvalue weighted by Crippen LogP contribution is 2.34. The van der Waals surface area contributed by atoms with Crippen LogP contribution in [0, 0.1) is 29.9 Å². The molecule has 36 heavy (non-hydrogen) atoms. The predicted octanol–water partition coefficient (Wildman–Crippen LogP) is 5.84. The molecule has 4 aromatic rings. The molecular weight excluding hydrogens is 458 g/mol. The van der Waals surface area contributed by atoms with Crippen molar-refractivity contribution >= 4 is 16.8 Å². The highest BCUT2D eigenvalue weighted by Gasteiger charge is 2.23. The van der Waals surface area contributed by atoms with Crippen LogP contribution in [0.5, 0.6) is 0 Å². The van der Waals surface area contributed by atoms with Crippen molar-refractivity contribution in [1.82, 2.24) is 9.88 Å². The van der Waals surface area contributed by atoms with E-state index in [1.54, 1.807) is 55.4 Å². The first-order valence-electron chi connectivity index (χ1n) is 11.6. The fourth-order valence-electron chi connectivity index (χ4n) is 4.29. The molecule has 0 bridgehead atoms. The minimum Gasteiger partial charge on any atom is -0.340 e. The topological polar surface area (TPSA) is 83.0 Å². The van der Waals surface area contributed by atoms with Crippen molar-refractivity contribution in [2.24, 2.45) is 5.73 Å². The van der Waals surface area contributed by atoms with Crippen molar-refractivity contribution in [1.29, 1.82) is 5.26 Å². The maximum atomic E-state index is 14.3. The van der Waals surface area contributed by atoms with Crippen molar-refractivity contribution in [3.8, 4) is 28.3 Å². The van der Waals surface area contributed by atoms with Crippen LogP contribution in [0.25, 0.3) is 33.2 Å². The van der Waals surface area contributed by atoms with E-state index in [2.05, 4.69) is 4.98 Å². The number of hydrogen-bond acceptors (Lipinski definition) is 4. The van der Waals surface area contributed by atoms with Gasteiger partial charge in [0, 0.05) is 36.8 Å². The number of rotatable bonds is 6. The van der Waals surface area contributed by atoms with Crippen LogP contribution in [-0.4, -0.2) is 35.4 Å². The predicted molar refractivity (Wildman–Crippen MR) is 137 cm³/mol. The number of likely N-dealkylation sites (N-methyl/N-ethyl adjacent to an activating group) is 1. The van der Waals surface area contributed by atoms with Crippen molar-refractivity contribution in [2.45, 2.75) is 26.3 Å². The molecule has 3 aromatic carbocycles. The third kappa shape index (κ3) is 5.09. The molecule has 1 atom stereocenters. The van der Waals surface area contributed by atoms with Crippen molar-refractivity contribution in [2.75, 3.05) is 13.6 Å². The number of nitrogens with two attached hydrogens (primary N) is 1. The standard InChI is InChI=1S/C29H26F2N4O/c1-4-24(33)16-35(3)29(36)28-25-13-19(20-9-18(14-32)10-23(31)11-20)5-6-27(25)34-15-26(28)21-7-17(2)8-22(30)12-21/h5-13,15,24H,4,16,33H2,1-3H3/t24-/m0/s1. The van der Waals surface area contributed by atoms with Gasteiger partial charge >= 0.3 is 0 Å². The smallest absolute Gasteiger partial charge is 0.255 e. The molecule has 182 valence electrons. The quantitative estimate of drug-likeness (QED) is 0.373. The lowest BCUT2D eigenvalue weighted by molar-refractivity contribution is 0.0788. The summed E-state index contributed by atoms with van der Waals surface area (Å²) in [5.41, 5.74) is 10.1. The Morgan fingerprint density at radius 2 is 1.78 bits per heavy atom. The fourth-order valence-corrected chi connectivity index (χ4v) is 4.29. The van der Waals surface area contributed by atoms with E-state index >= 15 is 0 Å². The van der Waals surface area contributed by atoms with Crippen molar-refractivity contribution in [3.05, 3.63) is 89.1 Å². The molecule has 5 nitrogen and oxygen atoms in total. The maximum Gasteiger partial charge on any atom is 0.255 e. The summed E-state index contributed by atoms with van der Waals surface area (Å²) in [5, 5.41) is 9.80. The zero-order valence-electron chi connectivity index (χ0n) is 20.3. The van der Waals surface area contributed by atoms with Gasteiger partial charge < -0.3 is 10.6 Å². The lowest BCUT2D eigenvalue weighted by atomic mass is 9.93. The Hall–Kier alpha value is -4.15. The van der Waals surface area contributed by atoms with E-state index in [0.717, 1.165) is 6.07 Å². The number of aromatic nitrogens is 1. The molecule has 0 radical (unpaired) electrons. The molecular formula is C29H26F2N4O. The molecule has 0 aliphatic carbocycles. The Morgan fingerprint density at radius 1 is 1.06 bits per heavy atom. The second kappa shape index (κ2) is 10.2. The largest absolute Gasteiger partial charge is 0.340 e. The molecule has 1 amide bonds. The summed E-state index contributed by atoms with van der Waals surface area (Å²) in [7, 11) is 1.68. The highest BCUT2D eigenvalue weighted by atomic mass is 19.1. The van der Waals surface area contributed by atoms with Gasteiger partial charge in [0.2, 0.25) is 0 Å². The highest BCUT2D eigenvalue weighted by molar-refractivity contribution is 6.12. The molecule has 4 rings (SSSR count). The minimum absolute atomic E-state index is 0.191. The second-order valence-electron chi connectivity index (χ2n) is 8.99. The summed E-state index contributed by atoms with van der Waals surface area (Å²) in [6, 6.07) is 15.7. The zero-order valence-corrected chi connectivity index (χ0v) is 20.3. The van der Waals surface area contributed by atoms with E-state index in [4.69, 9.17) is 5.73 Å². The van der Waals surface area contributed by atoms with Crippen LogP contribution < -0.4 is 5.73 Å². The minimum atomic E-state index is -0.532. The third-order valence-corrected chi connectivity index (χ3v) is 6.17. The molecule has 7 heteroatoms. The van der Waals surface area contributed by atoms with E-state index in [1.807, 2.05) is 13.0 Å². The van der Waals surface area contributed by atoms with Gasteiger partial charge in [-0.05, 0) is 78.1 Å².